The van der Waals surface area contributed by atoms with E-state index in [1.807, 2.05) is 36.4 Å². The first-order valence-electron chi connectivity index (χ1n) is 13.5. The average Bonchev–Trinajstić information content (AvgIpc) is 3.07. The molecule has 218 valence electrons. The number of guanidine groups is 2. The molecule has 0 heterocycles. The number of hydrogen-bond donors (Lipinski definition) is 4. The van der Waals surface area contributed by atoms with Crippen LogP contribution in [0, 0.1) is 10.8 Å². The molecular formula is C34H28N6O4. The number of carbonyl (C=O) groups is 2. The van der Waals surface area contributed by atoms with Crippen LogP contribution in [0.5, 0.6) is 0 Å². The molecule has 44 heavy (non-hydrogen) atoms. The highest BCUT2D eigenvalue weighted by atomic mass is 16.7. The molecule has 5 aromatic rings. The van der Waals surface area contributed by atoms with Crippen molar-refractivity contribution in [2.45, 2.75) is 0 Å². The molecule has 10 nitrogen and oxygen atoms in total. The Morgan fingerprint density at radius 3 is 1.09 bits per heavy atom. The lowest BCUT2D eigenvalue weighted by atomic mass is 10.1. The Bertz CT molecular complexity index is 1610. The zero-order valence-electron chi connectivity index (χ0n) is 23.4. The van der Waals surface area contributed by atoms with Gasteiger partial charge in [0.2, 0.25) is 11.9 Å². The molecule has 0 aliphatic rings. The first kappa shape index (κ1) is 29.1. The Morgan fingerprint density at radius 1 is 0.455 bits per heavy atom. The molecule has 10 heteroatoms. The van der Waals surface area contributed by atoms with Gasteiger partial charge in [0.15, 0.2) is 0 Å². The van der Waals surface area contributed by atoms with Crippen LogP contribution in [0.1, 0.15) is 20.7 Å². The maximum absolute atomic E-state index is 13.6. The fraction of sp³-hybridized carbons (Fsp3) is 0. The number of anilines is 4. The molecule has 0 radical (unpaired) electrons. The van der Waals surface area contributed by atoms with Crippen LogP contribution in [-0.4, -0.2) is 23.9 Å². The van der Waals surface area contributed by atoms with Crippen molar-refractivity contribution in [1.29, 1.82) is 10.8 Å². The summed E-state index contributed by atoms with van der Waals surface area (Å²) in [5.41, 5.74) is 1.86. The van der Waals surface area contributed by atoms with Crippen molar-refractivity contribution < 1.29 is 19.3 Å². The summed E-state index contributed by atoms with van der Waals surface area (Å²) < 4.78 is 0. The molecule has 5 rings (SSSR count). The normalized spacial score (nSPS) is 10.2. The van der Waals surface area contributed by atoms with Crippen LogP contribution >= 0.6 is 0 Å². The van der Waals surface area contributed by atoms with Gasteiger partial charge in [-0.15, -0.1) is 10.1 Å². The molecule has 0 saturated carbocycles. The van der Waals surface area contributed by atoms with E-state index in [1.165, 1.54) is 12.1 Å². The van der Waals surface area contributed by atoms with E-state index in [4.69, 9.17) is 20.5 Å². The van der Waals surface area contributed by atoms with Crippen LogP contribution in [0.25, 0.3) is 0 Å². The van der Waals surface area contributed by atoms with Crippen molar-refractivity contribution in [3.8, 4) is 0 Å². The number of carbonyl (C=O) groups excluding carboxylic acids is 2. The van der Waals surface area contributed by atoms with Gasteiger partial charge >= 0.3 is 11.9 Å². The van der Waals surface area contributed by atoms with Crippen LogP contribution in [0.3, 0.4) is 0 Å². The van der Waals surface area contributed by atoms with Gasteiger partial charge in [0.05, 0.1) is 22.5 Å². The molecule has 0 bridgehead atoms. The van der Waals surface area contributed by atoms with E-state index < -0.39 is 11.9 Å². The van der Waals surface area contributed by atoms with Gasteiger partial charge in [0, 0.05) is 11.4 Å². The number of nitrogens with zero attached hydrogens (tertiary/aromatic N) is 2. The second-order valence-electron chi connectivity index (χ2n) is 9.24. The third kappa shape index (κ3) is 7.25. The number of benzene rings is 5. The van der Waals surface area contributed by atoms with Crippen LogP contribution < -0.4 is 20.8 Å². The molecule has 0 amide bonds. The smallest absolute Gasteiger partial charge is 0.328 e. The van der Waals surface area contributed by atoms with Gasteiger partial charge in [0.25, 0.3) is 0 Å². The number of para-hydroxylation sites is 4. The lowest BCUT2D eigenvalue weighted by Crippen LogP contribution is -2.39. The van der Waals surface area contributed by atoms with Gasteiger partial charge in [-0.25, -0.2) is 9.59 Å². The zero-order valence-corrected chi connectivity index (χ0v) is 23.4. The van der Waals surface area contributed by atoms with E-state index in [0.29, 0.717) is 22.7 Å². The summed E-state index contributed by atoms with van der Waals surface area (Å²) in [6.07, 6.45) is 0. The van der Waals surface area contributed by atoms with E-state index in [0.717, 1.165) is 10.1 Å². The molecule has 0 fully saturated rings. The van der Waals surface area contributed by atoms with Crippen LogP contribution in [0.4, 0.5) is 22.7 Å². The first-order valence-corrected chi connectivity index (χ1v) is 13.5. The lowest BCUT2D eigenvalue weighted by Gasteiger charge is -2.25. The summed E-state index contributed by atoms with van der Waals surface area (Å²) >= 11 is 0. The van der Waals surface area contributed by atoms with Gasteiger partial charge in [-0.3, -0.25) is 10.8 Å². The van der Waals surface area contributed by atoms with Crippen molar-refractivity contribution in [2.75, 3.05) is 20.8 Å². The third-order valence-electron chi connectivity index (χ3n) is 6.18. The predicted molar refractivity (Wildman–Crippen MR) is 171 cm³/mol. The van der Waals surface area contributed by atoms with E-state index in [2.05, 4.69) is 10.6 Å². The van der Waals surface area contributed by atoms with Gasteiger partial charge < -0.3 is 20.3 Å². The molecule has 5 aromatic carbocycles. The van der Waals surface area contributed by atoms with Gasteiger partial charge in [-0.05, 0) is 60.7 Å². The number of nitrogens with one attached hydrogen (secondary N) is 4. The number of hydrogen-bond acceptors (Lipinski definition) is 6. The molecule has 0 aliphatic carbocycles. The molecule has 0 spiro atoms. The standard InChI is InChI=1S/C34H28N6O4/c35-33(37-25-15-5-1-6-16-25)39(27-19-9-3-10-20-27)43-31(41)29-23-13-14-24-30(29)32(42)44-40(28-21-11-4-12-22-28)34(36)38-26-17-7-2-8-18-26/h1-24H,(H2,35,37)(H2,36,38). The Morgan fingerprint density at radius 2 is 0.750 bits per heavy atom. The van der Waals surface area contributed by atoms with Crippen LogP contribution in [0.2, 0.25) is 0 Å². The van der Waals surface area contributed by atoms with Crippen LogP contribution in [0.15, 0.2) is 146 Å². The highest BCUT2D eigenvalue weighted by Gasteiger charge is 2.27. The first-order chi connectivity index (χ1) is 21.5. The minimum atomic E-state index is -0.898. The van der Waals surface area contributed by atoms with E-state index in [-0.39, 0.29) is 23.0 Å². The minimum absolute atomic E-state index is 0.0958. The Balaban J connectivity index is 1.39. The van der Waals surface area contributed by atoms with Gasteiger partial charge in [0.1, 0.15) is 0 Å². The molecule has 0 aromatic heterocycles. The summed E-state index contributed by atoms with van der Waals surface area (Å²) in [4.78, 5) is 38.5. The van der Waals surface area contributed by atoms with Crippen molar-refractivity contribution in [3.05, 3.63) is 157 Å². The SMILES string of the molecule is N=C(Nc1ccccc1)N(OC(=O)c1ccccc1C(=O)ON(C(=N)Nc1ccccc1)c1ccccc1)c1ccccc1. The second kappa shape index (κ2) is 14.0. The largest absolute Gasteiger partial charge is 0.364 e. The topological polar surface area (TPSA) is 131 Å². The highest BCUT2D eigenvalue weighted by Crippen LogP contribution is 2.22. The minimum Gasteiger partial charge on any atom is -0.328 e. The maximum Gasteiger partial charge on any atom is 0.364 e. The summed E-state index contributed by atoms with van der Waals surface area (Å²) in [7, 11) is 0. The highest BCUT2D eigenvalue weighted by molar-refractivity contribution is 6.08. The number of rotatable bonds is 6. The molecule has 0 aliphatic heterocycles. The van der Waals surface area contributed by atoms with Gasteiger partial charge in [-0.1, -0.05) is 84.9 Å². The summed E-state index contributed by atoms with van der Waals surface area (Å²) in [5, 5.41) is 25.2. The second-order valence-corrected chi connectivity index (χ2v) is 9.24. The van der Waals surface area contributed by atoms with E-state index >= 15 is 0 Å². The Kier molecular flexibility index (Phi) is 9.23. The van der Waals surface area contributed by atoms with Crippen molar-refractivity contribution >= 4 is 46.6 Å². The Hall–Kier alpha value is -6.42. The average molecular weight is 585 g/mol. The van der Waals surface area contributed by atoms with Crippen molar-refractivity contribution in [3.63, 3.8) is 0 Å². The summed E-state index contributed by atoms with van der Waals surface area (Å²) in [5.74, 6) is -2.26. The molecule has 0 atom stereocenters. The maximum atomic E-state index is 13.6. The molecular weight excluding hydrogens is 556 g/mol. The molecule has 0 saturated heterocycles. The Labute approximate surface area is 254 Å². The monoisotopic (exact) mass is 584 g/mol. The third-order valence-corrected chi connectivity index (χ3v) is 6.18. The molecule has 0 unspecified atom stereocenters. The predicted octanol–water partition coefficient (Wildman–Crippen LogP) is 6.94. The van der Waals surface area contributed by atoms with Crippen molar-refractivity contribution in [2.24, 2.45) is 0 Å². The van der Waals surface area contributed by atoms with Gasteiger partial charge in [-0.2, -0.15) is 0 Å². The van der Waals surface area contributed by atoms with E-state index in [9.17, 15) is 9.59 Å². The van der Waals surface area contributed by atoms with Crippen molar-refractivity contribution in [1.82, 2.24) is 0 Å². The lowest BCUT2D eigenvalue weighted by molar-refractivity contribution is 0.0469. The molecule has 4 N–H and O–H groups in total. The fourth-order valence-electron chi connectivity index (χ4n) is 4.10. The van der Waals surface area contributed by atoms with Crippen LogP contribution in [-0.2, 0) is 9.68 Å². The summed E-state index contributed by atoms with van der Waals surface area (Å²) in [6.45, 7) is 0. The zero-order chi connectivity index (χ0) is 30.7. The fourth-order valence-corrected chi connectivity index (χ4v) is 4.10. The quantitative estimate of drug-likeness (QED) is 0.0959. The number of hydroxylamine groups is 2. The van der Waals surface area contributed by atoms with E-state index in [1.54, 1.807) is 97.1 Å². The summed E-state index contributed by atoms with van der Waals surface area (Å²) in [6, 6.07) is 41.3.